The topological polar surface area (TPSA) is 48.3 Å². The minimum atomic E-state index is 0.293. The second kappa shape index (κ2) is 7.13. The van der Waals surface area contributed by atoms with E-state index in [1.165, 1.54) is 5.69 Å². The summed E-state index contributed by atoms with van der Waals surface area (Å²) in [5.74, 6) is 1.40. The van der Waals surface area contributed by atoms with E-state index in [1.54, 1.807) is 26.5 Å². The summed E-state index contributed by atoms with van der Waals surface area (Å²) in [5.41, 5.74) is 2.08. The lowest BCUT2D eigenvalue weighted by atomic mass is 10.2. The highest BCUT2D eigenvalue weighted by Gasteiger charge is 2.14. The van der Waals surface area contributed by atoms with Gasteiger partial charge in [-0.05, 0) is 25.6 Å². The molecular formula is C16H23N3O2. The molecule has 2 aromatic rings. The van der Waals surface area contributed by atoms with Crippen LogP contribution in [0, 0.1) is 0 Å². The minimum absolute atomic E-state index is 0.293. The molecule has 0 aliphatic rings. The lowest BCUT2D eigenvalue weighted by Crippen LogP contribution is -2.21. The molecule has 0 aliphatic carbocycles. The van der Waals surface area contributed by atoms with Gasteiger partial charge in [0.1, 0.15) is 5.69 Å². The van der Waals surface area contributed by atoms with Crippen molar-refractivity contribution < 1.29 is 9.47 Å². The predicted molar refractivity (Wildman–Crippen MR) is 83.0 cm³/mol. The van der Waals surface area contributed by atoms with Gasteiger partial charge in [0.05, 0.1) is 20.8 Å². The molecule has 1 atom stereocenters. The van der Waals surface area contributed by atoms with Gasteiger partial charge < -0.3 is 19.4 Å². The van der Waals surface area contributed by atoms with Crippen LogP contribution in [0.15, 0.2) is 30.6 Å². The maximum absolute atomic E-state index is 5.45. The number of rotatable bonds is 7. The van der Waals surface area contributed by atoms with Gasteiger partial charge in [0.25, 0.3) is 0 Å². The lowest BCUT2D eigenvalue weighted by Gasteiger charge is -2.17. The van der Waals surface area contributed by atoms with E-state index in [0.29, 0.717) is 24.1 Å². The Morgan fingerprint density at radius 2 is 2.10 bits per heavy atom. The fourth-order valence-corrected chi connectivity index (χ4v) is 2.50. The molecule has 0 aliphatic heterocycles. The standard InChI is InChI=1S/C16H23N3O2/c1-5-17-12(2)14-7-6-10-19(14)11-13-16(21-4)15(20-3)8-9-18-13/h6-10,12,17H,5,11H2,1-4H3. The van der Waals surface area contributed by atoms with Gasteiger partial charge in [-0.3, -0.25) is 4.98 Å². The average molecular weight is 289 g/mol. The first-order valence-electron chi connectivity index (χ1n) is 7.15. The number of nitrogens with one attached hydrogen (secondary N) is 1. The van der Waals surface area contributed by atoms with E-state index in [-0.39, 0.29) is 0 Å². The van der Waals surface area contributed by atoms with Crippen molar-refractivity contribution in [1.29, 1.82) is 0 Å². The number of aromatic nitrogens is 2. The second-order valence-corrected chi connectivity index (χ2v) is 4.83. The maximum atomic E-state index is 5.45. The minimum Gasteiger partial charge on any atom is -0.493 e. The Kier molecular flexibility index (Phi) is 5.22. The van der Waals surface area contributed by atoms with Crippen molar-refractivity contribution in [1.82, 2.24) is 14.9 Å². The molecule has 1 N–H and O–H groups in total. The van der Waals surface area contributed by atoms with E-state index in [2.05, 4.69) is 47.0 Å². The van der Waals surface area contributed by atoms with Crippen LogP contribution in [0.3, 0.4) is 0 Å². The van der Waals surface area contributed by atoms with Crippen LogP contribution in [0.5, 0.6) is 11.5 Å². The second-order valence-electron chi connectivity index (χ2n) is 4.83. The molecule has 0 aromatic carbocycles. The van der Waals surface area contributed by atoms with E-state index in [1.807, 2.05) is 0 Å². The number of nitrogens with zero attached hydrogens (tertiary/aromatic N) is 2. The molecule has 5 heteroatoms. The zero-order chi connectivity index (χ0) is 15.2. The Morgan fingerprint density at radius 1 is 1.29 bits per heavy atom. The molecule has 5 nitrogen and oxygen atoms in total. The zero-order valence-electron chi connectivity index (χ0n) is 13.1. The molecule has 0 amide bonds. The third-order valence-corrected chi connectivity index (χ3v) is 3.50. The molecule has 0 bridgehead atoms. The van der Waals surface area contributed by atoms with Crippen molar-refractivity contribution in [2.75, 3.05) is 20.8 Å². The van der Waals surface area contributed by atoms with Gasteiger partial charge in [0.15, 0.2) is 11.5 Å². The first kappa shape index (κ1) is 15.4. The number of methoxy groups -OCH3 is 2. The predicted octanol–water partition coefficient (Wildman–Crippen LogP) is 2.62. The zero-order valence-corrected chi connectivity index (χ0v) is 13.1. The average Bonchev–Trinajstić information content (AvgIpc) is 2.95. The SMILES string of the molecule is CCNC(C)c1cccn1Cc1nccc(OC)c1OC. The third-order valence-electron chi connectivity index (χ3n) is 3.50. The van der Waals surface area contributed by atoms with E-state index in [9.17, 15) is 0 Å². The Morgan fingerprint density at radius 3 is 2.76 bits per heavy atom. The van der Waals surface area contributed by atoms with Gasteiger partial charge in [-0.1, -0.05) is 6.92 Å². The van der Waals surface area contributed by atoms with Crippen LogP contribution in [0.4, 0.5) is 0 Å². The first-order valence-corrected chi connectivity index (χ1v) is 7.15. The van der Waals surface area contributed by atoms with Crippen LogP contribution in [-0.2, 0) is 6.54 Å². The van der Waals surface area contributed by atoms with Crippen molar-refractivity contribution >= 4 is 0 Å². The smallest absolute Gasteiger partial charge is 0.184 e. The molecule has 0 saturated heterocycles. The Bertz CT molecular complexity index is 581. The molecular weight excluding hydrogens is 266 g/mol. The Hall–Kier alpha value is -2.01. The van der Waals surface area contributed by atoms with Crippen LogP contribution in [0.1, 0.15) is 31.3 Å². The van der Waals surface area contributed by atoms with Crippen LogP contribution >= 0.6 is 0 Å². The van der Waals surface area contributed by atoms with Gasteiger partial charge in [0, 0.05) is 30.2 Å². The van der Waals surface area contributed by atoms with Crippen molar-refractivity contribution in [3.8, 4) is 11.5 Å². The third kappa shape index (κ3) is 3.36. The summed E-state index contributed by atoms with van der Waals surface area (Å²) in [6, 6.07) is 6.28. The monoisotopic (exact) mass is 289 g/mol. The molecule has 0 radical (unpaired) electrons. The van der Waals surface area contributed by atoms with Crippen LogP contribution < -0.4 is 14.8 Å². The summed E-state index contributed by atoms with van der Waals surface area (Å²) >= 11 is 0. The van der Waals surface area contributed by atoms with Crippen LogP contribution in [0.2, 0.25) is 0 Å². The fourth-order valence-electron chi connectivity index (χ4n) is 2.50. The van der Waals surface area contributed by atoms with E-state index >= 15 is 0 Å². The molecule has 0 saturated carbocycles. The highest BCUT2D eigenvalue weighted by atomic mass is 16.5. The summed E-state index contributed by atoms with van der Waals surface area (Å²) in [5, 5.41) is 3.43. The van der Waals surface area contributed by atoms with Gasteiger partial charge >= 0.3 is 0 Å². The summed E-state index contributed by atoms with van der Waals surface area (Å²) < 4.78 is 13.0. The van der Waals surface area contributed by atoms with Crippen molar-refractivity contribution in [2.24, 2.45) is 0 Å². The molecule has 2 rings (SSSR count). The Balaban J connectivity index is 2.29. The van der Waals surface area contributed by atoms with Gasteiger partial charge in [-0.15, -0.1) is 0 Å². The fraction of sp³-hybridized carbons (Fsp3) is 0.438. The van der Waals surface area contributed by atoms with E-state index < -0.39 is 0 Å². The van der Waals surface area contributed by atoms with E-state index in [4.69, 9.17) is 9.47 Å². The number of hydrogen-bond donors (Lipinski definition) is 1. The molecule has 1 unspecified atom stereocenters. The highest BCUT2D eigenvalue weighted by molar-refractivity contribution is 5.42. The number of hydrogen-bond acceptors (Lipinski definition) is 4. The van der Waals surface area contributed by atoms with Gasteiger partial charge in [-0.25, -0.2) is 0 Å². The molecule has 0 fully saturated rings. The van der Waals surface area contributed by atoms with Crippen molar-refractivity contribution in [3.63, 3.8) is 0 Å². The Labute approximate surface area is 125 Å². The lowest BCUT2D eigenvalue weighted by molar-refractivity contribution is 0.348. The molecule has 0 spiro atoms. The first-order chi connectivity index (χ1) is 10.2. The quantitative estimate of drug-likeness (QED) is 0.851. The highest BCUT2D eigenvalue weighted by Crippen LogP contribution is 2.30. The summed E-state index contributed by atoms with van der Waals surface area (Å²) in [6.07, 6.45) is 3.80. The molecule has 114 valence electrons. The van der Waals surface area contributed by atoms with Gasteiger partial charge in [-0.2, -0.15) is 0 Å². The number of pyridine rings is 1. The molecule has 2 heterocycles. The summed E-state index contributed by atoms with van der Waals surface area (Å²) in [7, 11) is 3.27. The largest absolute Gasteiger partial charge is 0.493 e. The van der Waals surface area contributed by atoms with Crippen LogP contribution in [-0.4, -0.2) is 30.3 Å². The normalized spacial score (nSPS) is 12.2. The van der Waals surface area contributed by atoms with Crippen molar-refractivity contribution in [3.05, 3.63) is 42.0 Å². The molecule has 21 heavy (non-hydrogen) atoms. The van der Waals surface area contributed by atoms with Crippen molar-refractivity contribution in [2.45, 2.75) is 26.4 Å². The van der Waals surface area contributed by atoms with Gasteiger partial charge in [0.2, 0.25) is 0 Å². The maximum Gasteiger partial charge on any atom is 0.184 e. The molecule has 2 aromatic heterocycles. The number of ether oxygens (including phenoxy) is 2. The van der Waals surface area contributed by atoms with Crippen LogP contribution in [0.25, 0.3) is 0 Å². The van der Waals surface area contributed by atoms with E-state index in [0.717, 1.165) is 12.2 Å². The summed E-state index contributed by atoms with van der Waals surface area (Å²) in [4.78, 5) is 4.43. The summed E-state index contributed by atoms with van der Waals surface area (Å²) in [6.45, 7) is 5.85.